The molecule has 0 saturated carbocycles. The number of ether oxygens (including phenoxy) is 1. The number of aromatic nitrogens is 3. The molecule has 1 aliphatic carbocycles. The SMILES string of the molecule is CCc1nc(-c2cnc(N(C)C)cc2C)n(CC)c(=O)c1NC1c2ccccc2C[C@@H]1OC(C)=O. The van der Waals surface area contributed by atoms with Crippen LogP contribution in [0.5, 0.6) is 0 Å². The maximum Gasteiger partial charge on any atom is 0.302 e. The van der Waals surface area contributed by atoms with Gasteiger partial charge in [0.1, 0.15) is 23.4 Å². The minimum atomic E-state index is -0.395. The summed E-state index contributed by atoms with van der Waals surface area (Å²) in [5.41, 5.74) is 4.96. The van der Waals surface area contributed by atoms with Gasteiger partial charge in [0.2, 0.25) is 0 Å². The average molecular weight is 476 g/mol. The van der Waals surface area contributed by atoms with Crippen molar-refractivity contribution in [3.8, 4) is 11.4 Å². The Bertz CT molecular complexity index is 1310. The van der Waals surface area contributed by atoms with Crippen LogP contribution in [0.2, 0.25) is 0 Å². The molecule has 3 aromatic rings. The van der Waals surface area contributed by atoms with Gasteiger partial charge >= 0.3 is 5.97 Å². The molecule has 8 heteroatoms. The zero-order valence-electron chi connectivity index (χ0n) is 21.3. The number of esters is 1. The molecule has 1 aliphatic rings. The number of nitrogens with zero attached hydrogens (tertiary/aromatic N) is 4. The van der Waals surface area contributed by atoms with Crippen molar-refractivity contribution < 1.29 is 9.53 Å². The number of aryl methyl sites for hydroxylation is 2. The molecule has 0 bridgehead atoms. The highest BCUT2D eigenvalue weighted by atomic mass is 16.5. The topological polar surface area (TPSA) is 89.3 Å². The molecule has 2 heterocycles. The van der Waals surface area contributed by atoms with E-state index in [1.54, 1.807) is 10.8 Å². The summed E-state index contributed by atoms with van der Waals surface area (Å²) >= 11 is 0. The Hall–Kier alpha value is -3.68. The van der Waals surface area contributed by atoms with Crippen LogP contribution in [0.4, 0.5) is 11.5 Å². The predicted octanol–water partition coefficient (Wildman–Crippen LogP) is 3.90. The molecule has 8 nitrogen and oxygen atoms in total. The van der Waals surface area contributed by atoms with E-state index in [2.05, 4.69) is 10.3 Å². The summed E-state index contributed by atoms with van der Waals surface area (Å²) in [6, 6.07) is 9.66. The molecule has 1 N–H and O–H groups in total. The molecule has 184 valence electrons. The van der Waals surface area contributed by atoms with Crippen molar-refractivity contribution >= 4 is 17.5 Å². The van der Waals surface area contributed by atoms with E-state index in [0.717, 1.165) is 28.1 Å². The molecule has 4 rings (SSSR count). The van der Waals surface area contributed by atoms with Crippen molar-refractivity contribution in [2.75, 3.05) is 24.3 Å². The Balaban J connectivity index is 1.81. The van der Waals surface area contributed by atoms with Crippen LogP contribution in [0.25, 0.3) is 11.4 Å². The highest BCUT2D eigenvalue weighted by Crippen LogP contribution is 2.36. The third kappa shape index (κ3) is 4.65. The lowest BCUT2D eigenvalue weighted by atomic mass is 10.1. The molecule has 0 spiro atoms. The zero-order valence-corrected chi connectivity index (χ0v) is 21.3. The first kappa shape index (κ1) is 24.4. The van der Waals surface area contributed by atoms with Gasteiger partial charge in [0.25, 0.3) is 5.56 Å². The van der Waals surface area contributed by atoms with E-state index in [-0.39, 0.29) is 17.6 Å². The summed E-state index contributed by atoms with van der Waals surface area (Å²) in [5.74, 6) is 1.12. The van der Waals surface area contributed by atoms with E-state index in [1.807, 2.05) is 70.1 Å². The number of hydrogen-bond donors (Lipinski definition) is 1. The summed E-state index contributed by atoms with van der Waals surface area (Å²) in [4.78, 5) is 37.1. The number of rotatable bonds is 7. The Labute approximate surface area is 206 Å². The molecule has 1 aromatic carbocycles. The molecule has 0 saturated heterocycles. The largest absolute Gasteiger partial charge is 0.460 e. The van der Waals surface area contributed by atoms with E-state index < -0.39 is 6.10 Å². The van der Waals surface area contributed by atoms with Gasteiger partial charge in [-0.1, -0.05) is 31.2 Å². The van der Waals surface area contributed by atoms with Crippen LogP contribution in [0.15, 0.2) is 41.3 Å². The van der Waals surface area contributed by atoms with Gasteiger partial charge in [-0.25, -0.2) is 9.97 Å². The number of fused-ring (bicyclic) bond motifs is 1. The quantitative estimate of drug-likeness (QED) is 0.518. The molecule has 2 aromatic heterocycles. The smallest absolute Gasteiger partial charge is 0.302 e. The number of hydrogen-bond acceptors (Lipinski definition) is 7. The second-order valence-electron chi connectivity index (χ2n) is 9.08. The van der Waals surface area contributed by atoms with Gasteiger partial charge in [-0.05, 0) is 43.0 Å². The van der Waals surface area contributed by atoms with Crippen LogP contribution in [-0.2, 0) is 28.9 Å². The van der Waals surface area contributed by atoms with E-state index in [4.69, 9.17) is 9.72 Å². The van der Waals surface area contributed by atoms with Crippen molar-refractivity contribution in [2.24, 2.45) is 0 Å². The molecule has 0 aliphatic heterocycles. The Morgan fingerprint density at radius 3 is 2.63 bits per heavy atom. The van der Waals surface area contributed by atoms with Crippen LogP contribution < -0.4 is 15.8 Å². The standard InChI is InChI=1S/C27H33N5O3/c1-7-21-25(30-24-19-12-10-9-11-18(19)14-22(24)35-17(4)33)27(34)32(8-2)26(29-21)20-15-28-23(31(5)6)13-16(20)3/h9-13,15,22,24,30H,7-8,14H2,1-6H3/t22-,24?/m0/s1. The second kappa shape index (κ2) is 9.90. The van der Waals surface area contributed by atoms with Gasteiger partial charge < -0.3 is 15.0 Å². The molecular weight excluding hydrogens is 442 g/mol. The summed E-state index contributed by atoms with van der Waals surface area (Å²) < 4.78 is 7.33. The zero-order chi connectivity index (χ0) is 25.3. The monoisotopic (exact) mass is 475 g/mol. The number of carbonyl (C=O) groups is 1. The molecular formula is C27H33N5O3. The molecule has 2 atom stereocenters. The van der Waals surface area contributed by atoms with Crippen LogP contribution in [0, 0.1) is 6.92 Å². The fraction of sp³-hybridized carbons (Fsp3) is 0.407. The minimum absolute atomic E-state index is 0.142. The molecule has 1 unspecified atom stereocenters. The first-order valence-electron chi connectivity index (χ1n) is 12.0. The highest BCUT2D eigenvalue weighted by Gasteiger charge is 2.36. The molecule has 35 heavy (non-hydrogen) atoms. The van der Waals surface area contributed by atoms with Crippen molar-refractivity contribution in [3.05, 3.63) is 69.3 Å². The summed E-state index contributed by atoms with van der Waals surface area (Å²) in [6.07, 6.45) is 2.57. The fourth-order valence-corrected chi connectivity index (χ4v) is 4.73. The van der Waals surface area contributed by atoms with Crippen LogP contribution in [0.3, 0.4) is 0 Å². The highest BCUT2D eigenvalue weighted by molar-refractivity contribution is 5.67. The average Bonchev–Trinajstić information content (AvgIpc) is 3.16. The van der Waals surface area contributed by atoms with Crippen LogP contribution >= 0.6 is 0 Å². The van der Waals surface area contributed by atoms with Crippen LogP contribution in [0.1, 0.15) is 49.2 Å². The minimum Gasteiger partial charge on any atom is -0.460 e. The van der Waals surface area contributed by atoms with Crippen molar-refractivity contribution in [2.45, 2.75) is 59.2 Å². The second-order valence-corrected chi connectivity index (χ2v) is 9.08. The summed E-state index contributed by atoms with van der Waals surface area (Å²) in [5, 5.41) is 3.44. The third-order valence-electron chi connectivity index (χ3n) is 6.49. The van der Waals surface area contributed by atoms with Gasteiger partial charge in [0.05, 0.1) is 11.7 Å². The fourth-order valence-electron chi connectivity index (χ4n) is 4.73. The Morgan fingerprint density at radius 2 is 2.00 bits per heavy atom. The normalized spacial score (nSPS) is 16.6. The maximum absolute atomic E-state index is 13.8. The van der Waals surface area contributed by atoms with Crippen LogP contribution in [-0.4, -0.2) is 40.7 Å². The van der Waals surface area contributed by atoms with Crippen molar-refractivity contribution in [3.63, 3.8) is 0 Å². The van der Waals surface area contributed by atoms with Crippen molar-refractivity contribution in [1.29, 1.82) is 0 Å². The van der Waals surface area contributed by atoms with Gasteiger partial charge in [0.15, 0.2) is 0 Å². The van der Waals surface area contributed by atoms with E-state index in [0.29, 0.717) is 36.6 Å². The molecule has 0 radical (unpaired) electrons. The summed E-state index contributed by atoms with van der Waals surface area (Å²) in [6.45, 7) is 7.80. The van der Waals surface area contributed by atoms with Gasteiger partial charge in [-0.2, -0.15) is 0 Å². The number of anilines is 2. The Kier molecular flexibility index (Phi) is 6.91. The third-order valence-corrected chi connectivity index (χ3v) is 6.49. The first-order valence-corrected chi connectivity index (χ1v) is 12.0. The molecule has 0 fully saturated rings. The van der Waals surface area contributed by atoms with E-state index in [9.17, 15) is 9.59 Å². The first-order chi connectivity index (χ1) is 16.7. The number of carbonyl (C=O) groups excluding carboxylic acids is 1. The lowest BCUT2D eigenvalue weighted by Crippen LogP contribution is -2.33. The van der Waals surface area contributed by atoms with E-state index in [1.165, 1.54) is 6.92 Å². The predicted molar refractivity (Wildman–Crippen MR) is 138 cm³/mol. The lowest BCUT2D eigenvalue weighted by Gasteiger charge is -2.25. The number of nitrogens with one attached hydrogen (secondary N) is 1. The van der Waals surface area contributed by atoms with E-state index >= 15 is 0 Å². The van der Waals surface area contributed by atoms with Gasteiger partial charge in [0, 0.05) is 45.7 Å². The van der Waals surface area contributed by atoms with Gasteiger partial charge in [-0.3, -0.25) is 14.2 Å². The summed E-state index contributed by atoms with van der Waals surface area (Å²) in [7, 11) is 3.89. The molecule has 0 amide bonds. The number of benzene rings is 1. The Morgan fingerprint density at radius 1 is 1.26 bits per heavy atom. The lowest BCUT2D eigenvalue weighted by molar-refractivity contribution is -0.146. The maximum atomic E-state index is 13.8. The number of pyridine rings is 1. The van der Waals surface area contributed by atoms with Gasteiger partial charge in [-0.15, -0.1) is 0 Å². The van der Waals surface area contributed by atoms with Crippen molar-refractivity contribution in [1.82, 2.24) is 14.5 Å².